The number of hydrogen-bond donors (Lipinski definition) is 1. The maximum Gasteiger partial charge on any atom is -0.00173 e. The Morgan fingerprint density at radius 3 is 2.73 bits per heavy atom. The minimum atomic E-state index is 1.05. The van der Waals surface area contributed by atoms with E-state index in [0.29, 0.717) is 0 Å². The highest BCUT2D eigenvalue weighted by Gasteiger charge is 1.95. The van der Waals surface area contributed by atoms with E-state index in [1.54, 1.807) is 0 Å². The van der Waals surface area contributed by atoms with Crippen LogP contribution in [0.5, 0.6) is 0 Å². The molecule has 0 spiro atoms. The van der Waals surface area contributed by atoms with Crippen LogP contribution in [0.15, 0.2) is 30.4 Å². The Balaban J connectivity index is 2.49. The molecule has 0 aromatic heterocycles. The molecule has 1 rings (SSSR count). The Morgan fingerprint density at radius 2 is 2.00 bits per heavy atom. The molecule has 0 fully saturated rings. The zero-order chi connectivity index (χ0) is 11.1. The predicted molar refractivity (Wildman–Crippen MR) is 67.3 cm³/mol. The zero-order valence-electron chi connectivity index (χ0n) is 10.0. The van der Waals surface area contributed by atoms with Crippen molar-refractivity contribution in [2.45, 2.75) is 26.7 Å². The molecule has 0 aliphatic heterocycles. The van der Waals surface area contributed by atoms with Crippen molar-refractivity contribution in [3.8, 4) is 0 Å². The second kappa shape index (κ2) is 6.41. The van der Waals surface area contributed by atoms with Gasteiger partial charge in [0.25, 0.3) is 0 Å². The molecular formula is C14H21N. The summed E-state index contributed by atoms with van der Waals surface area (Å²) in [7, 11) is 1.98. The molecule has 0 bridgehead atoms. The molecule has 0 aliphatic carbocycles. The third kappa shape index (κ3) is 4.30. The van der Waals surface area contributed by atoms with E-state index < -0.39 is 0 Å². The summed E-state index contributed by atoms with van der Waals surface area (Å²) in [6.07, 6.45) is 6.68. The van der Waals surface area contributed by atoms with Crippen LogP contribution < -0.4 is 5.32 Å². The van der Waals surface area contributed by atoms with Gasteiger partial charge in [-0.1, -0.05) is 35.9 Å². The highest BCUT2D eigenvalue weighted by molar-refractivity contribution is 5.31. The summed E-state index contributed by atoms with van der Waals surface area (Å²) in [6, 6.07) is 6.65. The summed E-state index contributed by atoms with van der Waals surface area (Å²) < 4.78 is 0. The van der Waals surface area contributed by atoms with Gasteiger partial charge in [-0.05, 0) is 51.4 Å². The van der Waals surface area contributed by atoms with Crippen molar-refractivity contribution < 1.29 is 0 Å². The zero-order valence-corrected chi connectivity index (χ0v) is 10.0. The Hall–Kier alpha value is -1.08. The lowest BCUT2D eigenvalue weighted by Gasteiger charge is -2.03. The molecule has 0 saturated carbocycles. The van der Waals surface area contributed by atoms with Gasteiger partial charge in [0.2, 0.25) is 0 Å². The molecule has 1 N–H and O–H groups in total. The fourth-order valence-electron chi connectivity index (χ4n) is 1.58. The Morgan fingerprint density at radius 1 is 1.20 bits per heavy atom. The van der Waals surface area contributed by atoms with E-state index in [1.165, 1.54) is 16.7 Å². The Labute approximate surface area is 93.2 Å². The molecule has 82 valence electrons. The van der Waals surface area contributed by atoms with E-state index in [9.17, 15) is 0 Å². The number of hydrogen-bond acceptors (Lipinski definition) is 1. The van der Waals surface area contributed by atoms with Crippen LogP contribution in [0.3, 0.4) is 0 Å². The van der Waals surface area contributed by atoms with Gasteiger partial charge in [0.1, 0.15) is 0 Å². The van der Waals surface area contributed by atoms with Gasteiger partial charge in [-0.25, -0.2) is 0 Å². The highest BCUT2D eigenvalue weighted by atomic mass is 14.8. The average molecular weight is 203 g/mol. The monoisotopic (exact) mass is 203 g/mol. The predicted octanol–water partition coefficient (Wildman–Crippen LogP) is 3.01. The highest BCUT2D eigenvalue weighted by Crippen LogP contribution is 2.11. The lowest BCUT2D eigenvalue weighted by Crippen LogP contribution is -2.05. The number of allylic oxidation sites excluding steroid dienone is 1. The summed E-state index contributed by atoms with van der Waals surface area (Å²) in [4.78, 5) is 0. The lowest BCUT2D eigenvalue weighted by molar-refractivity contribution is 0.806. The minimum Gasteiger partial charge on any atom is -0.319 e. The first-order chi connectivity index (χ1) is 7.24. The van der Waals surface area contributed by atoms with Gasteiger partial charge in [-0.2, -0.15) is 0 Å². The van der Waals surface area contributed by atoms with E-state index in [1.807, 2.05) is 7.05 Å². The largest absolute Gasteiger partial charge is 0.319 e. The van der Waals surface area contributed by atoms with Crippen molar-refractivity contribution in [3.63, 3.8) is 0 Å². The van der Waals surface area contributed by atoms with Gasteiger partial charge in [-0.15, -0.1) is 0 Å². The van der Waals surface area contributed by atoms with Gasteiger partial charge >= 0.3 is 0 Å². The standard InChI is InChI=1S/C14H21N/c1-12-8-9-13(2)14(11-12)7-5-4-6-10-15-3/h4-5,8-9,11,15H,6-7,10H2,1-3H3. The van der Waals surface area contributed by atoms with Gasteiger partial charge < -0.3 is 5.32 Å². The van der Waals surface area contributed by atoms with E-state index in [-0.39, 0.29) is 0 Å². The van der Waals surface area contributed by atoms with E-state index in [2.05, 4.69) is 49.5 Å². The maximum absolute atomic E-state index is 3.14. The van der Waals surface area contributed by atoms with Crippen LogP contribution in [-0.2, 0) is 6.42 Å². The number of rotatable bonds is 5. The van der Waals surface area contributed by atoms with Crippen LogP contribution in [0.25, 0.3) is 0 Å². The molecule has 15 heavy (non-hydrogen) atoms. The van der Waals surface area contributed by atoms with Gasteiger partial charge in [-0.3, -0.25) is 0 Å². The van der Waals surface area contributed by atoms with Crippen LogP contribution in [0.4, 0.5) is 0 Å². The molecule has 1 heteroatoms. The fraction of sp³-hybridized carbons (Fsp3) is 0.429. The smallest absolute Gasteiger partial charge is 0.00173 e. The van der Waals surface area contributed by atoms with Crippen molar-refractivity contribution in [3.05, 3.63) is 47.0 Å². The molecule has 0 heterocycles. The van der Waals surface area contributed by atoms with E-state index in [4.69, 9.17) is 0 Å². The minimum absolute atomic E-state index is 1.05. The first-order valence-corrected chi connectivity index (χ1v) is 5.59. The van der Waals surface area contributed by atoms with Crippen LogP contribution in [0.1, 0.15) is 23.1 Å². The number of nitrogens with one attached hydrogen (secondary N) is 1. The Bertz CT molecular complexity index is 326. The first kappa shape index (κ1) is 12.0. The van der Waals surface area contributed by atoms with E-state index >= 15 is 0 Å². The molecule has 0 radical (unpaired) electrons. The van der Waals surface area contributed by atoms with Gasteiger partial charge in [0.15, 0.2) is 0 Å². The van der Waals surface area contributed by atoms with Crippen LogP contribution in [-0.4, -0.2) is 13.6 Å². The van der Waals surface area contributed by atoms with Crippen LogP contribution >= 0.6 is 0 Å². The van der Waals surface area contributed by atoms with Gasteiger partial charge in [0, 0.05) is 0 Å². The second-order valence-corrected chi connectivity index (χ2v) is 4.00. The number of benzene rings is 1. The molecule has 1 aromatic carbocycles. The molecule has 1 nitrogen and oxygen atoms in total. The molecule has 0 saturated heterocycles. The average Bonchev–Trinajstić information content (AvgIpc) is 2.23. The molecule has 0 unspecified atom stereocenters. The summed E-state index contributed by atoms with van der Waals surface area (Å²) in [5, 5.41) is 3.14. The summed E-state index contributed by atoms with van der Waals surface area (Å²) >= 11 is 0. The summed E-state index contributed by atoms with van der Waals surface area (Å²) in [6.45, 7) is 5.38. The fourth-order valence-corrected chi connectivity index (χ4v) is 1.58. The van der Waals surface area contributed by atoms with Crippen molar-refractivity contribution in [2.24, 2.45) is 0 Å². The lowest BCUT2D eigenvalue weighted by atomic mass is 10.0. The maximum atomic E-state index is 3.14. The Kier molecular flexibility index (Phi) is 5.13. The first-order valence-electron chi connectivity index (χ1n) is 5.59. The normalized spacial score (nSPS) is 11.1. The molecule has 0 amide bonds. The SMILES string of the molecule is CNCCC=CCc1cc(C)ccc1C. The molecule has 0 atom stereocenters. The molecule has 1 aromatic rings. The quantitative estimate of drug-likeness (QED) is 0.573. The van der Waals surface area contributed by atoms with Crippen LogP contribution in [0, 0.1) is 13.8 Å². The van der Waals surface area contributed by atoms with E-state index in [0.717, 1.165) is 19.4 Å². The van der Waals surface area contributed by atoms with Crippen molar-refractivity contribution in [1.29, 1.82) is 0 Å². The second-order valence-electron chi connectivity index (χ2n) is 4.00. The molecular weight excluding hydrogens is 182 g/mol. The van der Waals surface area contributed by atoms with Crippen molar-refractivity contribution in [2.75, 3.05) is 13.6 Å². The summed E-state index contributed by atoms with van der Waals surface area (Å²) in [5.41, 5.74) is 4.17. The number of aryl methyl sites for hydroxylation is 2. The van der Waals surface area contributed by atoms with Gasteiger partial charge in [0.05, 0.1) is 0 Å². The third-order valence-corrected chi connectivity index (χ3v) is 2.57. The summed E-state index contributed by atoms with van der Waals surface area (Å²) in [5.74, 6) is 0. The third-order valence-electron chi connectivity index (χ3n) is 2.57. The van der Waals surface area contributed by atoms with Crippen molar-refractivity contribution in [1.82, 2.24) is 5.32 Å². The molecule has 0 aliphatic rings. The van der Waals surface area contributed by atoms with Crippen LogP contribution in [0.2, 0.25) is 0 Å². The topological polar surface area (TPSA) is 12.0 Å². The van der Waals surface area contributed by atoms with Crippen molar-refractivity contribution >= 4 is 0 Å².